The summed E-state index contributed by atoms with van der Waals surface area (Å²) in [4.78, 5) is 47.9. The Morgan fingerprint density at radius 2 is 2.17 bits per heavy atom. The van der Waals surface area contributed by atoms with E-state index in [4.69, 9.17) is 0 Å². The number of ketones is 1. The van der Waals surface area contributed by atoms with Crippen molar-refractivity contribution >= 4 is 29.1 Å². The van der Waals surface area contributed by atoms with E-state index in [0.717, 1.165) is 11.4 Å². The first-order valence-electron chi connectivity index (χ1n) is 10.2. The molecular formula is C20H31N5O3S. The smallest absolute Gasteiger partial charge is 0.324 e. The van der Waals surface area contributed by atoms with Crippen molar-refractivity contribution in [1.82, 2.24) is 25.0 Å². The highest BCUT2D eigenvalue weighted by Gasteiger charge is 2.42. The van der Waals surface area contributed by atoms with Crippen molar-refractivity contribution in [1.29, 1.82) is 0 Å². The van der Waals surface area contributed by atoms with Gasteiger partial charge in [0.05, 0.1) is 12.5 Å². The van der Waals surface area contributed by atoms with Crippen molar-refractivity contribution in [2.75, 3.05) is 40.8 Å². The van der Waals surface area contributed by atoms with Gasteiger partial charge in [-0.2, -0.15) is 0 Å². The second-order valence-electron chi connectivity index (χ2n) is 8.37. The Morgan fingerprint density at radius 1 is 1.38 bits per heavy atom. The van der Waals surface area contributed by atoms with E-state index in [2.05, 4.69) is 15.2 Å². The third kappa shape index (κ3) is 5.61. The van der Waals surface area contributed by atoms with Gasteiger partial charge in [0.2, 0.25) is 5.91 Å². The van der Waals surface area contributed by atoms with Gasteiger partial charge < -0.3 is 15.1 Å². The van der Waals surface area contributed by atoms with Gasteiger partial charge in [0.1, 0.15) is 10.8 Å². The molecule has 0 radical (unpaired) electrons. The van der Waals surface area contributed by atoms with E-state index < -0.39 is 0 Å². The molecule has 1 aromatic heterocycles. The normalized spacial score (nSPS) is 25.0. The van der Waals surface area contributed by atoms with Crippen LogP contribution >= 0.6 is 11.3 Å². The zero-order chi connectivity index (χ0) is 21.0. The van der Waals surface area contributed by atoms with Crippen LogP contribution in [0.25, 0.3) is 0 Å². The Hall–Kier alpha value is -1.84. The number of likely N-dealkylation sites (tertiary alicyclic amines) is 1. The van der Waals surface area contributed by atoms with Gasteiger partial charge in [0.25, 0.3) is 0 Å². The third-order valence-corrected chi connectivity index (χ3v) is 6.65. The van der Waals surface area contributed by atoms with E-state index in [1.54, 1.807) is 6.20 Å². The number of nitrogens with one attached hydrogen (secondary N) is 1. The van der Waals surface area contributed by atoms with Crippen molar-refractivity contribution in [3.05, 3.63) is 16.6 Å². The minimum Gasteiger partial charge on any atom is -0.336 e. The summed E-state index contributed by atoms with van der Waals surface area (Å²) < 4.78 is 0. The first-order valence-corrected chi connectivity index (χ1v) is 11.1. The number of likely N-dealkylation sites (N-methyl/N-ethyl adjacent to an activating group) is 1. The van der Waals surface area contributed by atoms with E-state index >= 15 is 0 Å². The van der Waals surface area contributed by atoms with Crippen LogP contribution in [0.1, 0.15) is 30.7 Å². The number of Topliss-reactive ketones (excluding diaryl/α,β-unsaturated/α-hetero) is 1. The van der Waals surface area contributed by atoms with E-state index in [1.807, 2.05) is 31.4 Å². The van der Waals surface area contributed by atoms with E-state index in [-0.39, 0.29) is 36.1 Å². The Kier molecular flexibility index (Phi) is 7.37. The highest BCUT2D eigenvalue weighted by molar-refractivity contribution is 7.09. The monoisotopic (exact) mass is 421 g/mol. The van der Waals surface area contributed by atoms with Crippen molar-refractivity contribution in [2.24, 2.45) is 11.8 Å². The summed E-state index contributed by atoms with van der Waals surface area (Å²) in [6.45, 7) is 1.96. The van der Waals surface area contributed by atoms with Gasteiger partial charge in [-0.1, -0.05) is 0 Å². The number of fused-ring (bicyclic) bond motifs is 1. The molecule has 1 aromatic rings. The molecule has 1 aliphatic heterocycles. The zero-order valence-electron chi connectivity index (χ0n) is 17.5. The summed E-state index contributed by atoms with van der Waals surface area (Å²) >= 11 is 1.43. The Morgan fingerprint density at radius 3 is 2.86 bits per heavy atom. The number of urea groups is 1. The second-order valence-corrected chi connectivity index (χ2v) is 9.35. The number of hydrogen-bond acceptors (Lipinski definition) is 7. The highest BCUT2D eigenvalue weighted by atomic mass is 32.1. The number of nitrogens with zero attached hydrogens (tertiary/aromatic N) is 4. The number of thiazole rings is 1. The van der Waals surface area contributed by atoms with Crippen molar-refractivity contribution in [2.45, 2.75) is 38.3 Å². The molecule has 160 valence electrons. The molecular weight excluding hydrogens is 390 g/mol. The van der Waals surface area contributed by atoms with Crippen LogP contribution in [0.5, 0.6) is 0 Å². The molecule has 2 fully saturated rings. The van der Waals surface area contributed by atoms with Gasteiger partial charge in [-0.25, -0.2) is 9.78 Å². The van der Waals surface area contributed by atoms with Crippen LogP contribution in [-0.4, -0.2) is 84.2 Å². The number of carbonyl (C=O) groups is 3. The molecule has 29 heavy (non-hydrogen) atoms. The number of hydrogen-bond donors (Lipinski definition) is 1. The van der Waals surface area contributed by atoms with Crippen LogP contribution in [0.3, 0.4) is 0 Å². The lowest BCUT2D eigenvalue weighted by Gasteiger charge is -2.45. The highest BCUT2D eigenvalue weighted by Crippen LogP contribution is 2.36. The van der Waals surface area contributed by atoms with Gasteiger partial charge in [-0.15, -0.1) is 11.3 Å². The van der Waals surface area contributed by atoms with Crippen molar-refractivity contribution < 1.29 is 14.4 Å². The standard InChI is InChI=1S/C20H31N5O3S/c1-23(2)8-6-22-20(28)25(13-18-21-7-9-29-18)19(27)15-10-14-11-16(26)4-5-17(14)24(3)12-15/h7,9,14-15,17H,4-6,8,10-13H2,1-3H3,(H,22,28)/t14-,15-,17-/m1/s1. The lowest BCUT2D eigenvalue weighted by atomic mass is 9.74. The number of carbonyl (C=O) groups excluding carboxylic acids is 3. The fraction of sp³-hybridized carbons (Fsp3) is 0.700. The molecule has 0 spiro atoms. The molecule has 1 saturated carbocycles. The van der Waals surface area contributed by atoms with E-state index in [1.165, 1.54) is 16.2 Å². The van der Waals surface area contributed by atoms with E-state index in [9.17, 15) is 14.4 Å². The summed E-state index contributed by atoms with van der Waals surface area (Å²) in [6, 6.07) is -0.0189. The Labute approximate surface area is 176 Å². The summed E-state index contributed by atoms with van der Waals surface area (Å²) in [5.41, 5.74) is 0. The molecule has 2 aliphatic rings. The molecule has 8 nitrogen and oxygen atoms in total. The summed E-state index contributed by atoms with van der Waals surface area (Å²) in [5.74, 6) is 0.0221. The number of imide groups is 1. The van der Waals surface area contributed by atoms with Gasteiger partial charge in [0, 0.05) is 50.1 Å². The van der Waals surface area contributed by atoms with Gasteiger partial charge in [0.15, 0.2) is 0 Å². The van der Waals surface area contributed by atoms with Crippen LogP contribution in [0.2, 0.25) is 0 Å². The maximum absolute atomic E-state index is 13.4. The zero-order valence-corrected chi connectivity index (χ0v) is 18.3. The summed E-state index contributed by atoms with van der Waals surface area (Å²) in [5, 5.41) is 5.43. The minimum atomic E-state index is -0.378. The van der Waals surface area contributed by atoms with Crippen molar-refractivity contribution in [3.8, 4) is 0 Å². The van der Waals surface area contributed by atoms with E-state index in [0.29, 0.717) is 44.9 Å². The lowest BCUT2D eigenvalue weighted by molar-refractivity contribution is -0.138. The average molecular weight is 422 g/mol. The fourth-order valence-electron chi connectivity index (χ4n) is 4.42. The fourth-order valence-corrected chi connectivity index (χ4v) is 5.02. The average Bonchev–Trinajstić information content (AvgIpc) is 3.18. The SMILES string of the molecule is CN(C)CCNC(=O)N(Cc1nccs1)C(=O)[C@@H]1C[C@@H]2CC(=O)CC[C@H]2N(C)C1. The number of aromatic nitrogens is 1. The van der Waals surface area contributed by atoms with Gasteiger partial charge >= 0.3 is 6.03 Å². The largest absolute Gasteiger partial charge is 0.336 e. The predicted molar refractivity (Wildman–Crippen MR) is 111 cm³/mol. The minimum absolute atomic E-state index is 0.175. The van der Waals surface area contributed by atoms with Crippen LogP contribution in [-0.2, 0) is 16.1 Å². The van der Waals surface area contributed by atoms with Crippen LogP contribution < -0.4 is 5.32 Å². The molecule has 3 rings (SSSR count). The molecule has 1 saturated heterocycles. The molecule has 0 unspecified atom stereocenters. The second kappa shape index (κ2) is 9.77. The quantitative estimate of drug-likeness (QED) is 0.748. The lowest BCUT2D eigenvalue weighted by Crippen LogP contribution is -2.55. The molecule has 2 heterocycles. The van der Waals surface area contributed by atoms with Gasteiger partial charge in [-0.3, -0.25) is 14.5 Å². The Balaban J connectivity index is 1.71. The third-order valence-electron chi connectivity index (χ3n) is 5.89. The Bertz CT molecular complexity index is 724. The van der Waals surface area contributed by atoms with Crippen LogP contribution in [0.15, 0.2) is 11.6 Å². The maximum Gasteiger partial charge on any atom is 0.324 e. The molecule has 0 aromatic carbocycles. The molecule has 1 N–H and O–H groups in total. The molecule has 0 bridgehead atoms. The molecule has 1 aliphatic carbocycles. The van der Waals surface area contributed by atoms with Gasteiger partial charge in [-0.05, 0) is 39.9 Å². The van der Waals surface area contributed by atoms with Crippen molar-refractivity contribution in [3.63, 3.8) is 0 Å². The number of rotatable bonds is 6. The summed E-state index contributed by atoms with van der Waals surface area (Å²) in [6.07, 6.45) is 4.39. The topological polar surface area (TPSA) is 85.9 Å². The molecule has 3 atom stereocenters. The molecule has 3 amide bonds. The maximum atomic E-state index is 13.4. The van der Waals surface area contributed by atoms with Crippen LogP contribution in [0, 0.1) is 11.8 Å². The first kappa shape index (κ1) is 21.9. The number of amides is 3. The predicted octanol–water partition coefficient (Wildman–Crippen LogP) is 1.43. The number of piperidine rings is 1. The summed E-state index contributed by atoms with van der Waals surface area (Å²) in [7, 11) is 5.89. The molecule has 9 heteroatoms. The first-order chi connectivity index (χ1) is 13.8. The van der Waals surface area contributed by atoms with Crippen LogP contribution in [0.4, 0.5) is 4.79 Å².